The lowest BCUT2D eigenvalue weighted by molar-refractivity contribution is 0.309. The molecule has 0 spiro atoms. The minimum atomic E-state index is 0.601. The number of nitrogens with zero attached hydrogens (tertiary/aromatic N) is 2. The summed E-state index contributed by atoms with van der Waals surface area (Å²) in [6, 6.07) is 4.04. The molecule has 0 bridgehead atoms. The molecule has 0 fully saturated rings. The third-order valence-electron chi connectivity index (χ3n) is 2.56. The van der Waals surface area contributed by atoms with E-state index in [0.717, 1.165) is 33.1 Å². The number of nitrogens with two attached hydrogens (primary N) is 1. The van der Waals surface area contributed by atoms with Gasteiger partial charge in [-0.15, -0.1) is 0 Å². The lowest BCUT2D eigenvalue weighted by Gasteiger charge is -2.13. The van der Waals surface area contributed by atoms with Crippen molar-refractivity contribution in [2.75, 3.05) is 26.7 Å². The molecule has 0 aliphatic carbocycles. The maximum absolute atomic E-state index is 8.71. The van der Waals surface area contributed by atoms with Crippen molar-refractivity contribution >= 4 is 31.9 Å². The molecule has 1 rings (SSSR count). The molecule has 0 radical (unpaired) electrons. The van der Waals surface area contributed by atoms with Gasteiger partial charge in [-0.05, 0) is 68.9 Å². The Balaban J connectivity index is 2.71. The lowest BCUT2D eigenvalue weighted by Crippen LogP contribution is -2.14. The van der Waals surface area contributed by atoms with E-state index in [1.807, 2.05) is 12.1 Å². The molecular weight excluding hydrogens is 374 g/mol. The van der Waals surface area contributed by atoms with E-state index >= 15 is 0 Å². The van der Waals surface area contributed by atoms with Crippen LogP contribution in [0, 0.1) is 11.5 Å². The van der Waals surface area contributed by atoms with E-state index in [2.05, 4.69) is 38.1 Å². The molecule has 0 heterocycles. The second-order valence-corrected chi connectivity index (χ2v) is 5.86. The van der Waals surface area contributed by atoms with Crippen molar-refractivity contribution in [3.8, 4) is 11.9 Å². The van der Waals surface area contributed by atoms with Gasteiger partial charge >= 0.3 is 0 Å². The molecular formula is C13H17Br2N3O. The largest absolute Gasteiger partial charge is 0.491 e. The van der Waals surface area contributed by atoms with Crippen molar-refractivity contribution in [3.63, 3.8) is 0 Å². The Morgan fingerprint density at radius 2 is 2.00 bits per heavy atom. The van der Waals surface area contributed by atoms with Crippen LogP contribution in [0.25, 0.3) is 0 Å². The van der Waals surface area contributed by atoms with Crippen LogP contribution in [0.2, 0.25) is 0 Å². The zero-order valence-electron chi connectivity index (χ0n) is 10.8. The molecule has 0 aromatic heterocycles. The van der Waals surface area contributed by atoms with Crippen LogP contribution >= 0.6 is 31.9 Å². The Morgan fingerprint density at radius 1 is 1.37 bits per heavy atom. The van der Waals surface area contributed by atoms with Crippen LogP contribution in [0.3, 0.4) is 0 Å². The van der Waals surface area contributed by atoms with E-state index < -0.39 is 0 Å². The second kappa shape index (κ2) is 8.41. The molecule has 4 nitrogen and oxygen atoms in total. The van der Waals surface area contributed by atoms with Crippen molar-refractivity contribution in [2.24, 2.45) is 5.73 Å². The average molecular weight is 391 g/mol. The first-order valence-corrected chi connectivity index (χ1v) is 7.58. The first kappa shape index (κ1) is 16.3. The zero-order valence-corrected chi connectivity index (χ0v) is 14.0. The number of halogens is 2. The number of hydrogen-bond acceptors (Lipinski definition) is 4. The Bertz CT molecular complexity index is 437. The van der Waals surface area contributed by atoms with Crippen LogP contribution in [0.5, 0.6) is 5.75 Å². The van der Waals surface area contributed by atoms with Gasteiger partial charge < -0.3 is 15.4 Å². The summed E-state index contributed by atoms with van der Waals surface area (Å²) in [5.41, 5.74) is 6.58. The maximum atomic E-state index is 8.71. The minimum Gasteiger partial charge on any atom is -0.491 e. The quantitative estimate of drug-likeness (QED) is 0.441. The van der Waals surface area contributed by atoms with Crippen LogP contribution in [-0.4, -0.2) is 31.6 Å². The van der Waals surface area contributed by atoms with Gasteiger partial charge in [0.25, 0.3) is 0 Å². The Labute approximate surface area is 130 Å². The smallest absolute Gasteiger partial charge is 0.179 e. The standard InChI is InChI=1S/C13H17Br2N3O/c1-18(9-17)5-3-10-7-11(14)13(12(15)8-10)19-6-2-4-16/h7-8H,2-6,16H2,1H3. The lowest BCUT2D eigenvalue weighted by atomic mass is 10.1. The summed E-state index contributed by atoms with van der Waals surface area (Å²) in [5, 5.41) is 8.71. The summed E-state index contributed by atoms with van der Waals surface area (Å²) >= 11 is 7.02. The van der Waals surface area contributed by atoms with Gasteiger partial charge in [0, 0.05) is 13.6 Å². The molecule has 1 aromatic carbocycles. The third-order valence-corrected chi connectivity index (χ3v) is 3.74. The van der Waals surface area contributed by atoms with Gasteiger partial charge in [-0.2, -0.15) is 5.26 Å². The van der Waals surface area contributed by atoms with Crippen LogP contribution in [0.4, 0.5) is 0 Å². The summed E-state index contributed by atoms with van der Waals surface area (Å²) in [7, 11) is 1.77. The first-order valence-electron chi connectivity index (χ1n) is 6.00. The number of benzene rings is 1. The molecule has 0 saturated carbocycles. The zero-order chi connectivity index (χ0) is 14.3. The predicted molar refractivity (Wildman–Crippen MR) is 83.0 cm³/mol. The van der Waals surface area contributed by atoms with Gasteiger partial charge in [0.15, 0.2) is 6.19 Å². The maximum Gasteiger partial charge on any atom is 0.179 e. The number of nitriles is 1. The summed E-state index contributed by atoms with van der Waals surface area (Å²) in [4.78, 5) is 1.60. The van der Waals surface area contributed by atoms with Crippen LogP contribution < -0.4 is 10.5 Å². The van der Waals surface area contributed by atoms with Gasteiger partial charge in [-0.1, -0.05) is 0 Å². The Hall–Kier alpha value is -0.770. The summed E-state index contributed by atoms with van der Waals surface area (Å²) in [5.74, 6) is 0.797. The molecule has 0 unspecified atom stereocenters. The van der Waals surface area contributed by atoms with Gasteiger partial charge in [-0.3, -0.25) is 0 Å². The van der Waals surface area contributed by atoms with Crippen LogP contribution in [0.15, 0.2) is 21.1 Å². The van der Waals surface area contributed by atoms with Crippen LogP contribution in [-0.2, 0) is 6.42 Å². The summed E-state index contributed by atoms with van der Waals surface area (Å²) in [6.07, 6.45) is 3.72. The van der Waals surface area contributed by atoms with Gasteiger partial charge in [-0.25, -0.2) is 0 Å². The first-order chi connectivity index (χ1) is 9.08. The molecule has 0 atom stereocenters. The predicted octanol–water partition coefficient (Wildman–Crippen LogP) is 2.89. The minimum absolute atomic E-state index is 0.601. The van der Waals surface area contributed by atoms with E-state index in [0.29, 0.717) is 19.7 Å². The van der Waals surface area contributed by atoms with E-state index in [1.54, 1.807) is 11.9 Å². The highest BCUT2D eigenvalue weighted by Gasteiger charge is 2.09. The molecule has 6 heteroatoms. The molecule has 104 valence electrons. The van der Waals surface area contributed by atoms with Gasteiger partial charge in [0.05, 0.1) is 15.6 Å². The fourth-order valence-corrected chi connectivity index (χ4v) is 3.01. The molecule has 0 amide bonds. The topological polar surface area (TPSA) is 62.3 Å². The Morgan fingerprint density at radius 3 is 2.53 bits per heavy atom. The van der Waals surface area contributed by atoms with Crippen molar-refractivity contribution in [3.05, 3.63) is 26.6 Å². The van der Waals surface area contributed by atoms with Crippen molar-refractivity contribution < 1.29 is 4.74 Å². The van der Waals surface area contributed by atoms with Crippen molar-refractivity contribution in [1.82, 2.24) is 4.90 Å². The molecule has 0 aliphatic rings. The van der Waals surface area contributed by atoms with E-state index in [-0.39, 0.29) is 0 Å². The van der Waals surface area contributed by atoms with Crippen LogP contribution in [0.1, 0.15) is 12.0 Å². The highest BCUT2D eigenvalue weighted by Crippen LogP contribution is 2.35. The fraction of sp³-hybridized carbons (Fsp3) is 0.462. The van der Waals surface area contributed by atoms with Gasteiger partial charge in [0.1, 0.15) is 5.75 Å². The number of likely N-dealkylation sites (N-methyl/N-ethyl adjacent to an activating group) is 1. The second-order valence-electron chi connectivity index (χ2n) is 4.15. The summed E-state index contributed by atoms with van der Waals surface area (Å²) < 4.78 is 7.49. The van der Waals surface area contributed by atoms with Crippen molar-refractivity contribution in [1.29, 1.82) is 5.26 Å². The summed E-state index contributed by atoms with van der Waals surface area (Å²) in [6.45, 7) is 1.92. The van der Waals surface area contributed by atoms with E-state index in [4.69, 9.17) is 15.7 Å². The number of rotatable bonds is 7. The van der Waals surface area contributed by atoms with E-state index in [9.17, 15) is 0 Å². The Kier molecular flexibility index (Phi) is 7.21. The molecule has 19 heavy (non-hydrogen) atoms. The average Bonchev–Trinajstić information content (AvgIpc) is 2.39. The highest BCUT2D eigenvalue weighted by molar-refractivity contribution is 9.11. The van der Waals surface area contributed by atoms with E-state index in [1.165, 1.54) is 0 Å². The number of hydrogen-bond donors (Lipinski definition) is 1. The molecule has 0 saturated heterocycles. The number of ether oxygens (including phenoxy) is 1. The highest BCUT2D eigenvalue weighted by atomic mass is 79.9. The molecule has 1 aromatic rings. The molecule has 0 aliphatic heterocycles. The normalized spacial score (nSPS) is 10.1. The van der Waals surface area contributed by atoms with Gasteiger partial charge in [0.2, 0.25) is 0 Å². The third kappa shape index (κ3) is 5.39. The SMILES string of the molecule is CN(C#N)CCc1cc(Br)c(OCCCN)c(Br)c1. The van der Waals surface area contributed by atoms with Crippen molar-refractivity contribution in [2.45, 2.75) is 12.8 Å². The molecule has 2 N–H and O–H groups in total. The monoisotopic (exact) mass is 389 g/mol. The fourth-order valence-electron chi connectivity index (χ4n) is 1.50.